The van der Waals surface area contributed by atoms with Crippen LogP contribution >= 0.6 is 11.3 Å². The first-order chi connectivity index (χ1) is 7.43. The molecular formula is C14H23S. The third kappa shape index (κ3) is 6.72. The van der Waals surface area contributed by atoms with Crippen molar-refractivity contribution in [3.05, 3.63) is 22.4 Å². The van der Waals surface area contributed by atoms with Crippen LogP contribution in [0.5, 0.6) is 0 Å². The van der Waals surface area contributed by atoms with E-state index in [1.165, 1.54) is 63.4 Å². The molecule has 0 saturated carbocycles. The molecule has 85 valence electrons. The maximum atomic E-state index is 3.30. The second kappa shape index (κ2) is 8.96. The minimum atomic E-state index is 1.23. The van der Waals surface area contributed by atoms with E-state index in [-0.39, 0.29) is 0 Å². The summed E-state index contributed by atoms with van der Waals surface area (Å²) in [6.45, 7) is 2.28. The van der Waals surface area contributed by atoms with E-state index < -0.39 is 0 Å². The summed E-state index contributed by atoms with van der Waals surface area (Å²) in [5, 5.41) is 5.42. The van der Waals surface area contributed by atoms with Gasteiger partial charge in [-0.05, 0) is 29.9 Å². The summed E-state index contributed by atoms with van der Waals surface area (Å²) < 4.78 is 0. The molecule has 0 N–H and O–H groups in total. The van der Waals surface area contributed by atoms with Gasteiger partial charge >= 0.3 is 0 Å². The van der Waals surface area contributed by atoms with E-state index >= 15 is 0 Å². The average Bonchev–Trinajstić information content (AvgIpc) is 2.75. The van der Waals surface area contributed by atoms with Crippen molar-refractivity contribution in [2.75, 3.05) is 0 Å². The highest BCUT2D eigenvalue weighted by molar-refractivity contribution is 7.07. The minimum absolute atomic E-state index is 1.23. The summed E-state index contributed by atoms with van der Waals surface area (Å²) in [6.07, 6.45) is 12.5. The van der Waals surface area contributed by atoms with Gasteiger partial charge in [-0.1, -0.05) is 51.9 Å². The summed E-state index contributed by atoms with van der Waals surface area (Å²) >= 11 is 1.69. The van der Waals surface area contributed by atoms with Crippen molar-refractivity contribution in [3.63, 3.8) is 0 Å². The molecule has 0 atom stereocenters. The van der Waals surface area contributed by atoms with Crippen LogP contribution < -0.4 is 0 Å². The van der Waals surface area contributed by atoms with Gasteiger partial charge in [0.15, 0.2) is 0 Å². The van der Waals surface area contributed by atoms with Gasteiger partial charge in [0.1, 0.15) is 0 Å². The average molecular weight is 223 g/mol. The van der Waals surface area contributed by atoms with Crippen LogP contribution in [0.25, 0.3) is 0 Å². The van der Waals surface area contributed by atoms with Crippen LogP contribution in [0, 0.1) is 5.38 Å². The molecule has 0 aromatic carbocycles. The fourth-order valence-electron chi connectivity index (χ4n) is 1.84. The van der Waals surface area contributed by atoms with Crippen LogP contribution in [-0.2, 0) is 6.42 Å². The van der Waals surface area contributed by atoms with Gasteiger partial charge in [-0.3, -0.25) is 0 Å². The third-order valence-corrected chi connectivity index (χ3v) is 3.48. The molecule has 0 spiro atoms. The molecule has 0 nitrogen and oxygen atoms in total. The standard InChI is InChI=1S/C14H23S/c1-2-3-4-5-6-7-8-9-10-14-11-12-15-13-14/h11-12H,2-10H2,1H3. The van der Waals surface area contributed by atoms with Crippen molar-refractivity contribution in [1.29, 1.82) is 0 Å². The van der Waals surface area contributed by atoms with Gasteiger partial charge in [-0.25, -0.2) is 0 Å². The monoisotopic (exact) mass is 223 g/mol. The van der Waals surface area contributed by atoms with Gasteiger partial charge in [0, 0.05) is 5.38 Å². The minimum Gasteiger partial charge on any atom is -0.143 e. The predicted molar refractivity (Wildman–Crippen MR) is 69.5 cm³/mol. The summed E-state index contributed by atoms with van der Waals surface area (Å²) in [7, 11) is 0. The first kappa shape index (κ1) is 12.8. The van der Waals surface area contributed by atoms with Crippen molar-refractivity contribution >= 4 is 11.3 Å². The van der Waals surface area contributed by atoms with Crippen molar-refractivity contribution in [2.24, 2.45) is 0 Å². The van der Waals surface area contributed by atoms with E-state index in [4.69, 9.17) is 0 Å². The van der Waals surface area contributed by atoms with E-state index in [0.717, 1.165) is 0 Å². The fraction of sp³-hybridized carbons (Fsp3) is 0.714. The van der Waals surface area contributed by atoms with Crippen molar-refractivity contribution in [1.82, 2.24) is 0 Å². The van der Waals surface area contributed by atoms with Gasteiger partial charge in [0.25, 0.3) is 0 Å². The molecule has 0 bridgehead atoms. The number of rotatable bonds is 9. The Balaban J connectivity index is 1.81. The topological polar surface area (TPSA) is 0 Å². The van der Waals surface area contributed by atoms with Gasteiger partial charge in [0.05, 0.1) is 0 Å². The first-order valence-electron chi connectivity index (χ1n) is 6.37. The van der Waals surface area contributed by atoms with Gasteiger partial charge < -0.3 is 0 Å². The number of thiophene rings is 1. The highest BCUT2D eigenvalue weighted by Crippen LogP contribution is 2.12. The molecular weight excluding hydrogens is 200 g/mol. The molecule has 1 aromatic rings. The predicted octanol–water partition coefficient (Wildman–Crippen LogP) is 5.23. The summed E-state index contributed by atoms with van der Waals surface area (Å²) in [5.41, 5.74) is 1.41. The highest BCUT2D eigenvalue weighted by Gasteiger charge is 1.94. The Morgan fingerprint density at radius 3 is 2.27 bits per heavy atom. The lowest BCUT2D eigenvalue weighted by Gasteiger charge is -2.00. The molecule has 1 rings (SSSR count). The Labute approximate surface area is 98.7 Å². The van der Waals surface area contributed by atoms with E-state index in [2.05, 4.69) is 23.8 Å². The number of aryl methyl sites for hydroxylation is 1. The molecule has 1 radical (unpaired) electrons. The Bertz CT molecular complexity index is 213. The number of unbranched alkanes of at least 4 members (excludes halogenated alkanes) is 7. The fourth-order valence-corrected chi connectivity index (χ4v) is 2.47. The Hall–Kier alpha value is -0.300. The van der Waals surface area contributed by atoms with Crippen molar-refractivity contribution < 1.29 is 0 Å². The molecule has 0 aliphatic rings. The lowest BCUT2D eigenvalue weighted by atomic mass is 10.1. The smallest absolute Gasteiger partial charge is 0.0477 e. The zero-order valence-corrected chi connectivity index (χ0v) is 10.7. The molecule has 0 unspecified atom stereocenters. The Kier molecular flexibility index (Phi) is 7.63. The maximum absolute atomic E-state index is 3.30. The van der Waals surface area contributed by atoms with Gasteiger partial charge in [-0.2, -0.15) is 0 Å². The SMILES string of the molecule is CCCCCCCCCCc1[c]scc1. The van der Waals surface area contributed by atoms with E-state index in [9.17, 15) is 0 Å². The molecule has 1 aromatic heterocycles. The third-order valence-electron chi connectivity index (χ3n) is 2.83. The van der Waals surface area contributed by atoms with Gasteiger partial charge in [0.2, 0.25) is 0 Å². The van der Waals surface area contributed by atoms with Crippen LogP contribution in [0.15, 0.2) is 11.4 Å². The number of hydrogen-bond acceptors (Lipinski definition) is 1. The lowest BCUT2D eigenvalue weighted by Crippen LogP contribution is -1.84. The van der Waals surface area contributed by atoms with Crippen LogP contribution in [0.1, 0.15) is 63.9 Å². The molecule has 1 heteroatoms. The Morgan fingerprint density at radius 1 is 1.00 bits per heavy atom. The van der Waals surface area contributed by atoms with E-state index in [1.54, 1.807) is 11.3 Å². The first-order valence-corrected chi connectivity index (χ1v) is 7.25. The van der Waals surface area contributed by atoms with Crippen LogP contribution in [0.3, 0.4) is 0 Å². The lowest BCUT2D eigenvalue weighted by molar-refractivity contribution is 0.575. The normalized spacial score (nSPS) is 10.7. The quantitative estimate of drug-likeness (QED) is 0.503. The van der Waals surface area contributed by atoms with Crippen LogP contribution in [0.2, 0.25) is 0 Å². The van der Waals surface area contributed by atoms with Crippen molar-refractivity contribution in [2.45, 2.75) is 64.7 Å². The zero-order valence-electron chi connectivity index (χ0n) is 9.93. The summed E-state index contributed by atoms with van der Waals surface area (Å²) in [5.74, 6) is 0. The van der Waals surface area contributed by atoms with Gasteiger partial charge in [-0.15, -0.1) is 11.3 Å². The largest absolute Gasteiger partial charge is 0.143 e. The maximum Gasteiger partial charge on any atom is 0.0477 e. The van der Waals surface area contributed by atoms with Crippen LogP contribution in [0.4, 0.5) is 0 Å². The highest BCUT2D eigenvalue weighted by atomic mass is 32.1. The summed E-state index contributed by atoms with van der Waals surface area (Å²) in [4.78, 5) is 0. The molecule has 15 heavy (non-hydrogen) atoms. The summed E-state index contributed by atoms with van der Waals surface area (Å²) in [6, 6.07) is 2.20. The second-order valence-corrected chi connectivity index (χ2v) is 4.98. The van der Waals surface area contributed by atoms with Crippen LogP contribution in [-0.4, -0.2) is 0 Å². The molecule has 0 aliphatic carbocycles. The second-order valence-electron chi connectivity index (χ2n) is 4.27. The molecule has 0 fully saturated rings. The van der Waals surface area contributed by atoms with E-state index in [0.29, 0.717) is 0 Å². The molecule has 0 aliphatic heterocycles. The van der Waals surface area contributed by atoms with Crippen molar-refractivity contribution in [3.8, 4) is 0 Å². The molecule has 0 amide bonds. The molecule has 0 saturated heterocycles. The number of hydrogen-bond donors (Lipinski definition) is 0. The molecule has 1 heterocycles. The van der Waals surface area contributed by atoms with E-state index in [1.807, 2.05) is 0 Å². The Morgan fingerprint density at radius 2 is 1.67 bits per heavy atom. The zero-order chi connectivity index (χ0) is 10.8.